The molecule has 138 valence electrons. The zero-order chi connectivity index (χ0) is 18.7. The predicted octanol–water partition coefficient (Wildman–Crippen LogP) is 4.23. The lowest BCUT2D eigenvalue weighted by molar-refractivity contribution is -0.137. The van der Waals surface area contributed by atoms with Crippen molar-refractivity contribution < 1.29 is 18.0 Å². The number of piperazine rings is 1. The zero-order valence-corrected chi connectivity index (χ0v) is 14.6. The summed E-state index contributed by atoms with van der Waals surface area (Å²) in [6, 6.07) is 12.9. The smallest absolute Gasteiger partial charge is 0.368 e. The number of carbonyl (C=O) groups excluding carboxylic acids is 1. The van der Waals surface area contributed by atoms with E-state index in [1.807, 2.05) is 29.2 Å². The molecule has 0 aliphatic carbocycles. The van der Waals surface area contributed by atoms with Crippen molar-refractivity contribution >= 4 is 11.6 Å². The lowest BCUT2D eigenvalue weighted by atomic mass is 10.1. The van der Waals surface area contributed by atoms with Crippen LogP contribution in [0.2, 0.25) is 0 Å². The quantitative estimate of drug-likeness (QED) is 0.816. The number of nitrogens with zero attached hydrogens (tertiary/aromatic N) is 2. The van der Waals surface area contributed by atoms with Gasteiger partial charge in [-0.2, -0.15) is 13.2 Å². The van der Waals surface area contributed by atoms with Crippen molar-refractivity contribution in [2.75, 3.05) is 31.1 Å². The van der Waals surface area contributed by atoms with Gasteiger partial charge in [-0.1, -0.05) is 25.1 Å². The largest absolute Gasteiger partial charge is 0.416 e. The molecule has 0 radical (unpaired) electrons. The Kier molecular flexibility index (Phi) is 5.20. The third-order valence-electron chi connectivity index (χ3n) is 4.71. The Labute approximate surface area is 151 Å². The van der Waals surface area contributed by atoms with Gasteiger partial charge in [0.2, 0.25) is 0 Å². The normalized spacial score (nSPS) is 15.2. The maximum Gasteiger partial charge on any atom is 0.416 e. The fourth-order valence-electron chi connectivity index (χ4n) is 3.11. The molecule has 0 unspecified atom stereocenters. The van der Waals surface area contributed by atoms with Gasteiger partial charge in [-0.15, -0.1) is 0 Å². The molecule has 3 nitrogen and oxygen atoms in total. The molecule has 0 bridgehead atoms. The molecule has 0 aromatic heterocycles. The van der Waals surface area contributed by atoms with Crippen molar-refractivity contribution in [1.29, 1.82) is 0 Å². The van der Waals surface area contributed by atoms with E-state index in [9.17, 15) is 18.0 Å². The molecule has 1 aliphatic rings. The number of aryl methyl sites for hydroxylation is 1. The second kappa shape index (κ2) is 7.40. The third-order valence-corrected chi connectivity index (χ3v) is 4.71. The molecule has 3 rings (SSSR count). The number of rotatable bonds is 3. The molecule has 0 N–H and O–H groups in total. The summed E-state index contributed by atoms with van der Waals surface area (Å²) in [6.07, 6.45) is -3.43. The lowest BCUT2D eigenvalue weighted by Gasteiger charge is -2.36. The number of benzene rings is 2. The van der Waals surface area contributed by atoms with Gasteiger partial charge in [0.1, 0.15) is 0 Å². The van der Waals surface area contributed by atoms with Gasteiger partial charge in [0.05, 0.1) is 5.56 Å². The second-order valence-corrected chi connectivity index (χ2v) is 6.38. The van der Waals surface area contributed by atoms with E-state index in [0.29, 0.717) is 37.4 Å². The number of carbonyl (C=O) groups is 1. The monoisotopic (exact) mass is 362 g/mol. The van der Waals surface area contributed by atoms with Crippen LogP contribution in [0.3, 0.4) is 0 Å². The van der Waals surface area contributed by atoms with Crippen LogP contribution in [0.1, 0.15) is 28.4 Å². The molecular formula is C20H21F3N2O. The topological polar surface area (TPSA) is 23.6 Å². The maximum atomic E-state index is 12.9. The molecule has 0 spiro atoms. The number of halogens is 3. The summed E-state index contributed by atoms with van der Waals surface area (Å²) >= 11 is 0. The van der Waals surface area contributed by atoms with Crippen LogP contribution in [-0.4, -0.2) is 37.0 Å². The Morgan fingerprint density at radius 2 is 1.65 bits per heavy atom. The standard InChI is InChI=1S/C20H21F3N2O/c1-2-15-6-8-16(9-7-15)19(26)25-12-10-24(11-13-25)18-5-3-4-17(14-18)20(21,22)23/h3-9,14H,2,10-13H2,1H3. The van der Waals surface area contributed by atoms with Crippen LogP contribution in [0.15, 0.2) is 48.5 Å². The molecule has 6 heteroatoms. The summed E-state index contributed by atoms with van der Waals surface area (Å²) < 4.78 is 38.6. The van der Waals surface area contributed by atoms with E-state index in [0.717, 1.165) is 12.5 Å². The summed E-state index contributed by atoms with van der Waals surface area (Å²) in [6.45, 7) is 4.07. The van der Waals surface area contributed by atoms with E-state index in [4.69, 9.17) is 0 Å². The van der Waals surface area contributed by atoms with E-state index in [1.54, 1.807) is 11.0 Å². The van der Waals surface area contributed by atoms with Crippen LogP contribution in [0.4, 0.5) is 18.9 Å². The van der Waals surface area contributed by atoms with Crippen molar-refractivity contribution in [3.8, 4) is 0 Å². The van der Waals surface area contributed by atoms with Gasteiger partial charge in [-0.3, -0.25) is 4.79 Å². The van der Waals surface area contributed by atoms with Crippen LogP contribution in [-0.2, 0) is 12.6 Å². The van der Waals surface area contributed by atoms with Gasteiger partial charge in [0.15, 0.2) is 0 Å². The number of alkyl halides is 3. The highest BCUT2D eigenvalue weighted by atomic mass is 19.4. The van der Waals surface area contributed by atoms with Gasteiger partial charge < -0.3 is 9.80 Å². The Hall–Kier alpha value is -2.50. The molecule has 0 atom stereocenters. The number of amides is 1. The summed E-state index contributed by atoms with van der Waals surface area (Å²) in [5.74, 6) is -0.0312. The van der Waals surface area contributed by atoms with Gasteiger partial charge >= 0.3 is 6.18 Å². The van der Waals surface area contributed by atoms with Crippen molar-refractivity contribution in [1.82, 2.24) is 4.90 Å². The molecule has 1 heterocycles. The molecule has 2 aromatic carbocycles. The lowest BCUT2D eigenvalue weighted by Crippen LogP contribution is -2.48. The third kappa shape index (κ3) is 4.00. The van der Waals surface area contributed by atoms with Crippen LogP contribution in [0.25, 0.3) is 0 Å². The Balaban J connectivity index is 1.64. The second-order valence-electron chi connectivity index (χ2n) is 6.38. The highest BCUT2D eigenvalue weighted by Crippen LogP contribution is 2.31. The number of hydrogen-bond donors (Lipinski definition) is 0. The van der Waals surface area contributed by atoms with E-state index >= 15 is 0 Å². The summed E-state index contributed by atoms with van der Waals surface area (Å²) in [7, 11) is 0. The van der Waals surface area contributed by atoms with E-state index in [-0.39, 0.29) is 5.91 Å². The van der Waals surface area contributed by atoms with Crippen molar-refractivity contribution in [2.45, 2.75) is 19.5 Å². The van der Waals surface area contributed by atoms with Crippen LogP contribution in [0, 0.1) is 0 Å². The van der Waals surface area contributed by atoms with Crippen molar-refractivity contribution in [3.63, 3.8) is 0 Å². The minimum absolute atomic E-state index is 0.0312. The summed E-state index contributed by atoms with van der Waals surface area (Å²) in [5, 5.41) is 0. The van der Waals surface area contributed by atoms with E-state index in [1.165, 1.54) is 17.7 Å². The molecule has 1 saturated heterocycles. The van der Waals surface area contributed by atoms with Crippen molar-refractivity contribution in [2.24, 2.45) is 0 Å². The van der Waals surface area contributed by atoms with Gasteiger partial charge in [-0.05, 0) is 42.3 Å². The Morgan fingerprint density at radius 3 is 2.23 bits per heavy atom. The molecule has 2 aromatic rings. The molecular weight excluding hydrogens is 341 g/mol. The minimum Gasteiger partial charge on any atom is -0.368 e. The van der Waals surface area contributed by atoms with E-state index in [2.05, 4.69) is 6.92 Å². The number of hydrogen-bond acceptors (Lipinski definition) is 2. The average Bonchev–Trinajstić information content (AvgIpc) is 2.67. The maximum absolute atomic E-state index is 12.9. The highest BCUT2D eigenvalue weighted by molar-refractivity contribution is 5.94. The molecule has 26 heavy (non-hydrogen) atoms. The van der Waals surface area contributed by atoms with E-state index < -0.39 is 11.7 Å². The molecule has 1 aliphatic heterocycles. The molecule has 0 saturated carbocycles. The average molecular weight is 362 g/mol. The SMILES string of the molecule is CCc1ccc(C(=O)N2CCN(c3cccc(C(F)(F)F)c3)CC2)cc1. The molecule has 1 fully saturated rings. The van der Waals surface area contributed by atoms with Gasteiger partial charge in [-0.25, -0.2) is 0 Å². The Morgan fingerprint density at radius 1 is 1.00 bits per heavy atom. The van der Waals surface area contributed by atoms with Crippen LogP contribution >= 0.6 is 0 Å². The summed E-state index contributed by atoms with van der Waals surface area (Å²) in [5.41, 5.74) is 1.72. The van der Waals surface area contributed by atoms with Gasteiger partial charge in [0, 0.05) is 37.4 Å². The van der Waals surface area contributed by atoms with Gasteiger partial charge in [0.25, 0.3) is 5.91 Å². The molecule has 1 amide bonds. The first-order chi connectivity index (χ1) is 12.4. The first kappa shape index (κ1) is 18.3. The predicted molar refractivity (Wildman–Crippen MR) is 95.4 cm³/mol. The summed E-state index contributed by atoms with van der Waals surface area (Å²) in [4.78, 5) is 16.2. The number of anilines is 1. The van der Waals surface area contributed by atoms with Crippen molar-refractivity contribution in [3.05, 3.63) is 65.2 Å². The first-order valence-electron chi connectivity index (χ1n) is 8.69. The zero-order valence-electron chi connectivity index (χ0n) is 14.6. The first-order valence-corrected chi connectivity index (χ1v) is 8.69. The fraction of sp³-hybridized carbons (Fsp3) is 0.350. The minimum atomic E-state index is -4.35. The van der Waals surface area contributed by atoms with Crippen LogP contribution < -0.4 is 4.90 Å². The highest BCUT2D eigenvalue weighted by Gasteiger charge is 2.31. The van der Waals surface area contributed by atoms with Crippen LogP contribution in [0.5, 0.6) is 0 Å². The Bertz CT molecular complexity index is 763. The fourth-order valence-corrected chi connectivity index (χ4v) is 3.11.